The SMILES string of the molecule is CCCN(CCC)C(=O)Cn1c(CNC(=O)C2CCCO2)nc2ccccc21. The third kappa shape index (κ3) is 4.70. The van der Waals surface area contributed by atoms with Crippen LogP contribution in [0.4, 0.5) is 0 Å². The van der Waals surface area contributed by atoms with Crippen molar-refractivity contribution in [2.24, 2.45) is 0 Å². The van der Waals surface area contributed by atoms with Crippen LogP contribution in [0.2, 0.25) is 0 Å². The molecule has 0 spiro atoms. The molecule has 1 fully saturated rings. The summed E-state index contributed by atoms with van der Waals surface area (Å²) in [6.07, 6.45) is 3.16. The zero-order valence-corrected chi connectivity index (χ0v) is 16.8. The summed E-state index contributed by atoms with van der Waals surface area (Å²) in [6.45, 7) is 6.81. The van der Waals surface area contributed by atoms with Crippen LogP contribution in [-0.2, 0) is 27.4 Å². The topological polar surface area (TPSA) is 76.5 Å². The summed E-state index contributed by atoms with van der Waals surface area (Å²) < 4.78 is 7.36. The Hall–Kier alpha value is -2.41. The molecule has 1 N–H and O–H groups in total. The van der Waals surface area contributed by atoms with Crippen molar-refractivity contribution in [2.45, 2.75) is 58.7 Å². The number of rotatable bonds is 9. The lowest BCUT2D eigenvalue weighted by Gasteiger charge is -2.22. The molecule has 1 atom stereocenters. The van der Waals surface area contributed by atoms with Gasteiger partial charge in [-0.15, -0.1) is 0 Å². The molecule has 0 radical (unpaired) electrons. The number of carbonyl (C=O) groups excluding carboxylic acids is 2. The van der Waals surface area contributed by atoms with E-state index in [1.807, 2.05) is 33.7 Å². The first-order valence-electron chi connectivity index (χ1n) is 10.2. The number of amides is 2. The molecule has 3 rings (SSSR count). The first-order valence-corrected chi connectivity index (χ1v) is 10.2. The van der Waals surface area contributed by atoms with Crippen LogP contribution in [0.5, 0.6) is 0 Å². The van der Waals surface area contributed by atoms with Crippen LogP contribution in [-0.4, -0.2) is 52.1 Å². The largest absolute Gasteiger partial charge is 0.368 e. The maximum absolute atomic E-state index is 12.9. The van der Waals surface area contributed by atoms with Crippen LogP contribution in [0.3, 0.4) is 0 Å². The molecule has 1 unspecified atom stereocenters. The molecule has 0 saturated carbocycles. The first-order chi connectivity index (χ1) is 13.6. The van der Waals surface area contributed by atoms with Gasteiger partial charge in [-0.1, -0.05) is 26.0 Å². The van der Waals surface area contributed by atoms with E-state index in [9.17, 15) is 9.59 Å². The molecule has 1 aliphatic rings. The Kier molecular flexibility index (Phi) is 7.03. The van der Waals surface area contributed by atoms with Crippen LogP contribution in [0.25, 0.3) is 11.0 Å². The fourth-order valence-electron chi connectivity index (χ4n) is 3.64. The monoisotopic (exact) mass is 386 g/mol. The minimum Gasteiger partial charge on any atom is -0.368 e. The molecule has 0 bridgehead atoms. The molecule has 28 heavy (non-hydrogen) atoms. The third-order valence-electron chi connectivity index (χ3n) is 5.01. The predicted molar refractivity (Wildman–Crippen MR) is 108 cm³/mol. The molecule has 1 aliphatic heterocycles. The average Bonchev–Trinajstić information content (AvgIpc) is 3.35. The summed E-state index contributed by atoms with van der Waals surface area (Å²) >= 11 is 0. The van der Waals surface area contributed by atoms with Gasteiger partial charge < -0.3 is 19.5 Å². The summed E-state index contributed by atoms with van der Waals surface area (Å²) in [4.78, 5) is 31.8. The highest BCUT2D eigenvalue weighted by atomic mass is 16.5. The molecular weight excluding hydrogens is 356 g/mol. The van der Waals surface area contributed by atoms with Crippen molar-refractivity contribution in [3.05, 3.63) is 30.1 Å². The fourth-order valence-corrected chi connectivity index (χ4v) is 3.64. The van der Waals surface area contributed by atoms with E-state index >= 15 is 0 Å². The van der Waals surface area contributed by atoms with E-state index in [0.717, 1.165) is 49.8 Å². The van der Waals surface area contributed by atoms with Gasteiger partial charge in [-0.05, 0) is 37.8 Å². The third-order valence-corrected chi connectivity index (χ3v) is 5.01. The number of benzene rings is 1. The van der Waals surface area contributed by atoms with Crippen molar-refractivity contribution in [1.29, 1.82) is 0 Å². The number of carbonyl (C=O) groups is 2. The second-order valence-corrected chi connectivity index (χ2v) is 7.20. The molecule has 152 valence electrons. The molecule has 1 aromatic heterocycles. The van der Waals surface area contributed by atoms with Crippen LogP contribution in [0.15, 0.2) is 24.3 Å². The van der Waals surface area contributed by atoms with Crippen molar-refractivity contribution in [1.82, 2.24) is 19.8 Å². The first kappa shape index (κ1) is 20.3. The molecule has 1 saturated heterocycles. The van der Waals surface area contributed by atoms with Gasteiger partial charge in [0.05, 0.1) is 17.6 Å². The molecule has 7 nitrogen and oxygen atoms in total. The van der Waals surface area contributed by atoms with E-state index in [4.69, 9.17) is 4.74 Å². The molecule has 0 aliphatic carbocycles. The summed E-state index contributed by atoms with van der Waals surface area (Å²) in [5.74, 6) is 0.661. The number of hydrogen-bond donors (Lipinski definition) is 1. The van der Waals surface area contributed by atoms with Gasteiger partial charge in [0, 0.05) is 19.7 Å². The minimum atomic E-state index is -0.371. The second-order valence-electron chi connectivity index (χ2n) is 7.20. The highest BCUT2D eigenvalue weighted by Crippen LogP contribution is 2.17. The van der Waals surface area contributed by atoms with Crippen LogP contribution in [0, 0.1) is 0 Å². The minimum absolute atomic E-state index is 0.0820. The van der Waals surface area contributed by atoms with E-state index in [-0.39, 0.29) is 31.0 Å². The number of nitrogens with zero attached hydrogens (tertiary/aromatic N) is 3. The van der Waals surface area contributed by atoms with E-state index in [0.29, 0.717) is 12.4 Å². The summed E-state index contributed by atoms with van der Waals surface area (Å²) in [5.41, 5.74) is 1.74. The molecule has 1 aromatic carbocycles. The zero-order valence-electron chi connectivity index (χ0n) is 16.8. The van der Waals surface area contributed by atoms with Gasteiger partial charge >= 0.3 is 0 Å². The Balaban J connectivity index is 1.78. The second kappa shape index (κ2) is 9.68. The summed E-state index contributed by atoms with van der Waals surface area (Å²) in [7, 11) is 0. The van der Waals surface area contributed by atoms with Gasteiger partial charge in [0.2, 0.25) is 11.8 Å². The van der Waals surface area contributed by atoms with Gasteiger partial charge in [-0.25, -0.2) is 4.98 Å². The molecule has 2 amide bonds. The van der Waals surface area contributed by atoms with Crippen molar-refractivity contribution in [3.63, 3.8) is 0 Å². The fraction of sp³-hybridized carbons (Fsp3) is 0.571. The Morgan fingerprint density at radius 2 is 2.00 bits per heavy atom. The maximum atomic E-state index is 12.9. The van der Waals surface area contributed by atoms with Crippen LogP contribution < -0.4 is 5.32 Å². The number of hydrogen-bond acceptors (Lipinski definition) is 4. The maximum Gasteiger partial charge on any atom is 0.249 e. The smallest absolute Gasteiger partial charge is 0.249 e. The number of fused-ring (bicyclic) bond motifs is 1. The predicted octanol–water partition coefficient (Wildman–Crippen LogP) is 2.48. The van der Waals surface area contributed by atoms with Crippen molar-refractivity contribution >= 4 is 22.8 Å². The van der Waals surface area contributed by atoms with Crippen LogP contribution in [0.1, 0.15) is 45.4 Å². The Morgan fingerprint density at radius 1 is 1.25 bits per heavy atom. The molecule has 2 heterocycles. The number of ether oxygens (including phenoxy) is 1. The Bertz CT molecular complexity index is 805. The van der Waals surface area contributed by atoms with Crippen LogP contribution >= 0.6 is 0 Å². The van der Waals surface area contributed by atoms with E-state index < -0.39 is 0 Å². The number of nitrogens with one attached hydrogen (secondary N) is 1. The Labute approximate surface area is 166 Å². The number of para-hydroxylation sites is 2. The van der Waals surface area contributed by atoms with Gasteiger partial charge in [-0.2, -0.15) is 0 Å². The normalized spacial score (nSPS) is 16.4. The lowest BCUT2D eigenvalue weighted by molar-refractivity contribution is -0.132. The lowest BCUT2D eigenvalue weighted by Crippen LogP contribution is -2.37. The quantitative estimate of drug-likeness (QED) is 0.718. The number of imidazole rings is 1. The Morgan fingerprint density at radius 3 is 2.68 bits per heavy atom. The van der Waals surface area contributed by atoms with Crippen molar-refractivity contribution in [3.8, 4) is 0 Å². The highest BCUT2D eigenvalue weighted by molar-refractivity contribution is 5.82. The molecule has 2 aromatic rings. The standard InChI is InChI=1S/C21H30N4O3/c1-3-11-24(12-4-2)20(26)15-25-17-9-6-5-8-16(17)23-19(25)14-22-21(27)18-10-7-13-28-18/h5-6,8-9,18H,3-4,7,10-15H2,1-2H3,(H,22,27). The van der Waals surface area contributed by atoms with E-state index in [1.165, 1.54) is 0 Å². The van der Waals surface area contributed by atoms with Gasteiger partial charge in [0.1, 0.15) is 18.5 Å². The van der Waals surface area contributed by atoms with Gasteiger partial charge in [-0.3, -0.25) is 9.59 Å². The van der Waals surface area contributed by atoms with E-state index in [2.05, 4.69) is 24.1 Å². The molecule has 7 heteroatoms. The lowest BCUT2D eigenvalue weighted by atomic mass is 10.2. The zero-order chi connectivity index (χ0) is 19.9. The van der Waals surface area contributed by atoms with E-state index in [1.54, 1.807) is 0 Å². The summed E-state index contributed by atoms with van der Waals surface area (Å²) in [6, 6.07) is 7.76. The van der Waals surface area contributed by atoms with Crippen molar-refractivity contribution in [2.75, 3.05) is 19.7 Å². The molecular formula is C21H30N4O3. The van der Waals surface area contributed by atoms with Crippen molar-refractivity contribution < 1.29 is 14.3 Å². The highest BCUT2D eigenvalue weighted by Gasteiger charge is 2.24. The van der Waals surface area contributed by atoms with Gasteiger partial charge in [0.15, 0.2) is 0 Å². The number of aromatic nitrogens is 2. The average molecular weight is 386 g/mol. The van der Waals surface area contributed by atoms with Gasteiger partial charge in [0.25, 0.3) is 0 Å². The summed E-state index contributed by atoms with van der Waals surface area (Å²) in [5, 5.41) is 2.92.